The Bertz CT molecular complexity index is 444. The average molecular weight is 250 g/mol. The van der Waals surface area contributed by atoms with Gasteiger partial charge in [-0.05, 0) is 32.0 Å². The molecule has 2 rings (SSSR count). The fourth-order valence-electron chi connectivity index (χ4n) is 1.85. The molecule has 1 aliphatic rings. The van der Waals surface area contributed by atoms with E-state index < -0.39 is 0 Å². The van der Waals surface area contributed by atoms with Crippen molar-refractivity contribution in [2.75, 3.05) is 20.1 Å². The normalized spacial score (nSPS) is 14.8. The molecule has 0 aliphatic heterocycles. The minimum atomic E-state index is -0.323. The van der Waals surface area contributed by atoms with Crippen LogP contribution in [0.5, 0.6) is 11.5 Å². The lowest BCUT2D eigenvalue weighted by Crippen LogP contribution is -2.33. The summed E-state index contributed by atoms with van der Waals surface area (Å²) in [7, 11) is 2.04. The van der Waals surface area contributed by atoms with E-state index in [2.05, 4.69) is 10.2 Å². The zero-order chi connectivity index (χ0) is 13.1. The van der Waals surface area contributed by atoms with Gasteiger partial charge < -0.3 is 20.4 Å². The van der Waals surface area contributed by atoms with Crippen LogP contribution in [0.15, 0.2) is 18.2 Å². The molecule has 1 aromatic rings. The van der Waals surface area contributed by atoms with E-state index in [1.165, 1.54) is 25.0 Å². The fourth-order valence-corrected chi connectivity index (χ4v) is 1.85. The van der Waals surface area contributed by atoms with Crippen molar-refractivity contribution >= 4 is 5.91 Å². The molecule has 98 valence electrons. The van der Waals surface area contributed by atoms with Crippen molar-refractivity contribution in [1.29, 1.82) is 0 Å². The van der Waals surface area contributed by atoms with Crippen LogP contribution in [-0.4, -0.2) is 47.2 Å². The Kier molecular flexibility index (Phi) is 3.72. The third-order valence-electron chi connectivity index (χ3n) is 3.15. The molecular formula is C13H18N2O3. The van der Waals surface area contributed by atoms with Crippen molar-refractivity contribution in [3.63, 3.8) is 0 Å². The topological polar surface area (TPSA) is 72.8 Å². The summed E-state index contributed by atoms with van der Waals surface area (Å²) < 4.78 is 0. The van der Waals surface area contributed by atoms with Crippen LogP contribution in [0.4, 0.5) is 0 Å². The Morgan fingerprint density at radius 1 is 1.44 bits per heavy atom. The van der Waals surface area contributed by atoms with Gasteiger partial charge in [-0.1, -0.05) is 0 Å². The molecule has 0 saturated heterocycles. The van der Waals surface area contributed by atoms with E-state index in [1.54, 1.807) is 0 Å². The molecule has 5 nitrogen and oxygen atoms in total. The molecule has 1 saturated carbocycles. The molecule has 1 fully saturated rings. The summed E-state index contributed by atoms with van der Waals surface area (Å²) in [5.41, 5.74) is 0.182. The van der Waals surface area contributed by atoms with Gasteiger partial charge in [0.05, 0.1) is 5.56 Å². The number of phenols is 2. The highest BCUT2D eigenvalue weighted by Crippen LogP contribution is 2.25. The number of carbonyl (C=O) groups excluding carboxylic acids is 1. The first-order valence-corrected chi connectivity index (χ1v) is 6.08. The second-order valence-corrected chi connectivity index (χ2v) is 4.67. The van der Waals surface area contributed by atoms with Crippen molar-refractivity contribution in [2.24, 2.45) is 0 Å². The molecule has 0 aromatic heterocycles. The Morgan fingerprint density at radius 2 is 2.17 bits per heavy atom. The molecule has 3 N–H and O–H groups in total. The number of carbonyl (C=O) groups is 1. The molecule has 5 heteroatoms. The summed E-state index contributed by atoms with van der Waals surface area (Å²) in [6.07, 6.45) is 2.48. The van der Waals surface area contributed by atoms with Gasteiger partial charge >= 0.3 is 0 Å². The van der Waals surface area contributed by atoms with Crippen LogP contribution < -0.4 is 5.32 Å². The van der Waals surface area contributed by atoms with Gasteiger partial charge in [-0.15, -0.1) is 0 Å². The number of rotatable bonds is 5. The Balaban J connectivity index is 1.83. The van der Waals surface area contributed by atoms with E-state index in [0.29, 0.717) is 12.6 Å². The van der Waals surface area contributed by atoms with Gasteiger partial charge in [0.2, 0.25) is 0 Å². The molecular weight excluding hydrogens is 232 g/mol. The maximum absolute atomic E-state index is 11.8. The van der Waals surface area contributed by atoms with Crippen molar-refractivity contribution in [2.45, 2.75) is 18.9 Å². The first-order chi connectivity index (χ1) is 8.58. The van der Waals surface area contributed by atoms with E-state index in [4.69, 9.17) is 5.11 Å². The predicted molar refractivity (Wildman–Crippen MR) is 67.8 cm³/mol. The van der Waals surface area contributed by atoms with Gasteiger partial charge in [-0.3, -0.25) is 4.79 Å². The van der Waals surface area contributed by atoms with Crippen LogP contribution in [0.3, 0.4) is 0 Å². The summed E-state index contributed by atoms with van der Waals surface area (Å²) in [6.45, 7) is 1.35. The highest BCUT2D eigenvalue weighted by Gasteiger charge is 2.25. The summed E-state index contributed by atoms with van der Waals surface area (Å²) >= 11 is 0. The van der Waals surface area contributed by atoms with E-state index >= 15 is 0 Å². The van der Waals surface area contributed by atoms with Crippen molar-refractivity contribution in [3.05, 3.63) is 23.8 Å². The number of benzene rings is 1. The number of likely N-dealkylation sites (N-methyl/N-ethyl adjacent to an activating group) is 1. The van der Waals surface area contributed by atoms with Gasteiger partial charge in [-0.2, -0.15) is 0 Å². The SMILES string of the molecule is CN(CCNC(=O)c1ccc(O)cc1O)C1CC1. The quantitative estimate of drug-likeness (QED) is 0.726. The van der Waals surface area contributed by atoms with Gasteiger partial charge in [0, 0.05) is 25.2 Å². The summed E-state index contributed by atoms with van der Waals surface area (Å²) in [5, 5.41) is 21.4. The molecule has 0 bridgehead atoms. The number of nitrogens with zero attached hydrogens (tertiary/aromatic N) is 1. The van der Waals surface area contributed by atoms with Gasteiger partial charge in [0.1, 0.15) is 11.5 Å². The van der Waals surface area contributed by atoms with Crippen molar-refractivity contribution in [1.82, 2.24) is 10.2 Å². The molecule has 1 aliphatic carbocycles. The second-order valence-electron chi connectivity index (χ2n) is 4.67. The van der Waals surface area contributed by atoms with Crippen LogP contribution >= 0.6 is 0 Å². The molecule has 0 spiro atoms. The van der Waals surface area contributed by atoms with Crippen LogP contribution in [0.25, 0.3) is 0 Å². The molecule has 0 unspecified atom stereocenters. The smallest absolute Gasteiger partial charge is 0.255 e. The van der Waals surface area contributed by atoms with E-state index in [9.17, 15) is 9.90 Å². The minimum Gasteiger partial charge on any atom is -0.508 e. The Hall–Kier alpha value is -1.75. The third-order valence-corrected chi connectivity index (χ3v) is 3.15. The highest BCUT2D eigenvalue weighted by atomic mass is 16.3. The standard InChI is InChI=1S/C13H18N2O3/c1-15(9-2-3-9)7-6-14-13(18)11-5-4-10(16)8-12(11)17/h4-5,8-9,16-17H,2-3,6-7H2,1H3,(H,14,18). The number of hydrogen-bond acceptors (Lipinski definition) is 4. The lowest BCUT2D eigenvalue weighted by atomic mass is 10.2. The first kappa shape index (κ1) is 12.7. The summed E-state index contributed by atoms with van der Waals surface area (Å²) in [5.74, 6) is -0.586. The van der Waals surface area contributed by atoms with Crippen molar-refractivity contribution < 1.29 is 15.0 Å². The zero-order valence-corrected chi connectivity index (χ0v) is 10.4. The number of nitrogens with one attached hydrogen (secondary N) is 1. The zero-order valence-electron chi connectivity index (χ0n) is 10.4. The molecule has 1 amide bonds. The fraction of sp³-hybridized carbons (Fsp3) is 0.462. The molecule has 18 heavy (non-hydrogen) atoms. The second kappa shape index (κ2) is 5.27. The van der Waals surface area contributed by atoms with Crippen LogP contribution in [0.2, 0.25) is 0 Å². The van der Waals surface area contributed by atoms with Gasteiger partial charge in [0.25, 0.3) is 5.91 Å². The lowest BCUT2D eigenvalue weighted by molar-refractivity contribution is 0.0947. The maximum Gasteiger partial charge on any atom is 0.255 e. The van der Waals surface area contributed by atoms with E-state index in [1.807, 2.05) is 7.05 Å². The first-order valence-electron chi connectivity index (χ1n) is 6.08. The van der Waals surface area contributed by atoms with Crippen LogP contribution in [-0.2, 0) is 0 Å². The predicted octanol–water partition coefficient (Wildman–Crippen LogP) is 0.922. The van der Waals surface area contributed by atoms with Crippen molar-refractivity contribution in [3.8, 4) is 11.5 Å². The van der Waals surface area contributed by atoms with Gasteiger partial charge in [0.15, 0.2) is 0 Å². The summed E-state index contributed by atoms with van der Waals surface area (Å²) in [6, 6.07) is 4.62. The molecule has 0 atom stereocenters. The molecule has 1 aromatic carbocycles. The molecule has 0 heterocycles. The van der Waals surface area contributed by atoms with Gasteiger partial charge in [-0.25, -0.2) is 0 Å². The average Bonchev–Trinajstić information content (AvgIpc) is 3.12. The third kappa shape index (κ3) is 3.13. The minimum absolute atomic E-state index is 0.0579. The van der Waals surface area contributed by atoms with E-state index in [-0.39, 0.29) is 23.0 Å². The van der Waals surface area contributed by atoms with Crippen LogP contribution in [0.1, 0.15) is 23.2 Å². The monoisotopic (exact) mass is 250 g/mol. The number of phenolic OH excluding ortho intramolecular Hbond substituents is 2. The number of amides is 1. The molecule has 0 radical (unpaired) electrons. The Morgan fingerprint density at radius 3 is 2.78 bits per heavy atom. The highest BCUT2D eigenvalue weighted by molar-refractivity contribution is 5.96. The van der Waals surface area contributed by atoms with E-state index in [0.717, 1.165) is 12.6 Å². The maximum atomic E-state index is 11.8. The summed E-state index contributed by atoms with van der Waals surface area (Å²) in [4.78, 5) is 14.0. The Labute approximate surface area is 106 Å². The van der Waals surface area contributed by atoms with Crippen LogP contribution in [0, 0.1) is 0 Å². The lowest BCUT2D eigenvalue weighted by Gasteiger charge is -2.15. The number of hydrogen-bond donors (Lipinski definition) is 3. The number of aromatic hydroxyl groups is 2. The largest absolute Gasteiger partial charge is 0.508 e.